The Hall–Kier alpha value is -6.42. The first-order valence-corrected chi connectivity index (χ1v) is 13.1. The summed E-state index contributed by atoms with van der Waals surface area (Å²) in [4.78, 5) is 16.5. The van der Waals surface area contributed by atoms with Gasteiger partial charge in [0.2, 0.25) is 24.0 Å². The standard InChI is InChI=1S/C32H6F10N6/c33-17-15(18(34)22(38)25(41)21(17)37)9-1-3-11-13(5-9)27(45-7-43)31-29(11)47-32-28(46-8-44)14-6-10(2-4-12(14)30(32)48-31)16-19(35)23(39)26(42)24(40)20(16)36/h1-6H. The van der Waals surface area contributed by atoms with Crippen molar-refractivity contribution in [3.8, 4) is 34.6 Å². The molecule has 0 amide bonds. The molecule has 0 spiro atoms. The molecule has 7 aromatic rings. The Kier molecular flexibility index (Phi) is 6.66. The van der Waals surface area contributed by atoms with Crippen molar-refractivity contribution in [1.82, 2.24) is 9.97 Å². The predicted octanol–water partition coefficient (Wildman–Crippen LogP) is 7.45. The van der Waals surface area contributed by atoms with Gasteiger partial charge in [-0.15, -0.1) is 0 Å². The van der Waals surface area contributed by atoms with Gasteiger partial charge in [-0.1, -0.05) is 24.3 Å². The van der Waals surface area contributed by atoms with Crippen LogP contribution >= 0.6 is 0 Å². The molecular formula is C32H6F10N6. The minimum absolute atomic E-state index is 0.0138. The van der Waals surface area contributed by atoms with Gasteiger partial charge in [0, 0.05) is 21.5 Å². The van der Waals surface area contributed by atoms with Gasteiger partial charge in [-0.05, 0) is 23.3 Å². The third-order valence-corrected chi connectivity index (χ3v) is 7.72. The molecule has 0 saturated carbocycles. The number of nitriles is 2. The fourth-order valence-electron chi connectivity index (χ4n) is 5.64. The van der Waals surface area contributed by atoms with Gasteiger partial charge in [-0.25, -0.2) is 53.9 Å². The summed E-state index contributed by atoms with van der Waals surface area (Å²) in [5.74, 6) is -21.8. The first-order valence-electron chi connectivity index (χ1n) is 13.1. The lowest BCUT2D eigenvalue weighted by atomic mass is 10.0. The molecule has 7 rings (SSSR count). The van der Waals surface area contributed by atoms with Crippen LogP contribution in [-0.2, 0) is 0 Å². The summed E-state index contributed by atoms with van der Waals surface area (Å²) in [5.41, 5.74) is -3.63. The zero-order valence-electron chi connectivity index (χ0n) is 22.9. The Balaban J connectivity index is 1.55. The molecule has 0 aliphatic heterocycles. The summed E-state index contributed by atoms with van der Waals surface area (Å²) in [6.07, 6.45) is 3.08. The van der Waals surface area contributed by atoms with Crippen LogP contribution in [0.3, 0.4) is 0 Å². The second kappa shape index (κ2) is 10.6. The highest BCUT2D eigenvalue weighted by Gasteiger charge is 2.29. The second-order valence-electron chi connectivity index (χ2n) is 10.1. The molecule has 1 aromatic heterocycles. The van der Waals surface area contributed by atoms with E-state index < -0.39 is 80.4 Å². The molecular weight excluding hydrogens is 658 g/mol. The van der Waals surface area contributed by atoms with Crippen molar-refractivity contribution in [2.45, 2.75) is 0 Å². The van der Waals surface area contributed by atoms with Crippen LogP contribution in [0.1, 0.15) is 0 Å². The van der Waals surface area contributed by atoms with Gasteiger partial charge in [-0.2, -0.15) is 20.5 Å². The quantitative estimate of drug-likeness (QED) is 0.0830. The van der Waals surface area contributed by atoms with Gasteiger partial charge >= 0.3 is 0 Å². The fraction of sp³-hybridized carbons (Fsp3) is 0. The molecule has 0 aliphatic carbocycles. The number of nitrogens with zero attached hydrogens (tertiary/aromatic N) is 6. The van der Waals surface area contributed by atoms with E-state index in [1.807, 2.05) is 0 Å². The average molecular weight is 664 g/mol. The minimum Gasteiger partial charge on any atom is -0.241 e. The molecule has 16 heteroatoms. The smallest absolute Gasteiger partial charge is 0.206 e. The minimum atomic E-state index is -2.36. The first kappa shape index (κ1) is 30.2. The molecule has 0 unspecified atom stereocenters. The Labute approximate surface area is 258 Å². The third-order valence-electron chi connectivity index (χ3n) is 7.72. The zero-order chi connectivity index (χ0) is 34.3. The maximum absolute atomic E-state index is 14.6. The first-order chi connectivity index (χ1) is 22.9. The Bertz CT molecular complexity index is 2570. The summed E-state index contributed by atoms with van der Waals surface area (Å²) in [5, 5.41) is 18.6. The summed E-state index contributed by atoms with van der Waals surface area (Å²) in [7, 11) is 0. The van der Waals surface area contributed by atoms with E-state index in [0.717, 1.165) is 24.3 Å². The van der Waals surface area contributed by atoms with E-state index in [9.17, 15) is 54.4 Å². The van der Waals surface area contributed by atoms with Crippen molar-refractivity contribution in [3.05, 3.63) is 105 Å². The van der Waals surface area contributed by atoms with E-state index in [1.165, 1.54) is 12.1 Å². The van der Waals surface area contributed by atoms with Crippen LogP contribution in [0.15, 0.2) is 46.4 Å². The van der Waals surface area contributed by atoms with Crippen LogP contribution < -0.4 is 10.7 Å². The highest BCUT2D eigenvalue weighted by atomic mass is 19.2. The average Bonchev–Trinajstić information content (AvgIpc) is 3.55. The van der Waals surface area contributed by atoms with E-state index in [-0.39, 0.29) is 54.3 Å². The van der Waals surface area contributed by atoms with Crippen molar-refractivity contribution in [2.75, 3.05) is 0 Å². The molecule has 6 nitrogen and oxygen atoms in total. The number of rotatable bonds is 2. The molecule has 0 N–H and O–H groups in total. The summed E-state index contributed by atoms with van der Waals surface area (Å²) >= 11 is 0. The van der Waals surface area contributed by atoms with Crippen molar-refractivity contribution >= 4 is 43.6 Å². The molecule has 48 heavy (non-hydrogen) atoms. The Morgan fingerprint density at radius 1 is 0.417 bits per heavy atom. The molecule has 0 atom stereocenters. The predicted molar refractivity (Wildman–Crippen MR) is 147 cm³/mol. The maximum Gasteiger partial charge on any atom is 0.206 e. The van der Waals surface area contributed by atoms with Crippen molar-refractivity contribution in [2.24, 2.45) is 9.98 Å². The van der Waals surface area contributed by atoms with Gasteiger partial charge in [0.15, 0.2) is 46.5 Å². The van der Waals surface area contributed by atoms with Crippen LogP contribution in [0.4, 0.5) is 43.9 Å². The number of hydrogen-bond acceptors (Lipinski definition) is 6. The van der Waals surface area contributed by atoms with E-state index >= 15 is 0 Å². The molecule has 0 radical (unpaired) electrons. The topological polar surface area (TPSA) is 98.1 Å². The highest BCUT2D eigenvalue weighted by molar-refractivity contribution is 6.15. The van der Waals surface area contributed by atoms with Gasteiger partial charge in [0.25, 0.3) is 0 Å². The van der Waals surface area contributed by atoms with E-state index in [0.29, 0.717) is 0 Å². The van der Waals surface area contributed by atoms with Gasteiger partial charge in [-0.3, -0.25) is 0 Å². The van der Waals surface area contributed by atoms with Crippen molar-refractivity contribution in [1.29, 1.82) is 10.5 Å². The van der Waals surface area contributed by atoms with Crippen LogP contribution in [-0.4, -0.2) is 9.97 Å². The van der Waals surface area contributed by atoms with Crippen LogP contribution in [0.25, 0.3) is 65.9 Å². The molecule has 0 bridgehead atoms. The molecule has 234 valence electrons. The number of aromatic nitrogens is 2. The number of halogens is 10. The second-order valence-corrected chi connectivity index (χ2v) is 10.1. The van der Waals surface area contributed by atoms with Crippen LogP contribution in [0.2, 0.25) is 0 Å². The fourth-order valence-corrected chi connectivity index (χ4v) is 5.64. The highest BCUT2D eigenvalue weighted by Crippen LogP contribution is 2.37. The SMILES string of the molecule is N#CN=c1c2cc(-c3c(F)c(F)c(F)c(F)c3F)ccc2c2nc3c(=NC#N)c4cc(-c5c(F)c(F)c(F)c(F)c5F)ccc4c3nc12. The van der Waals surface area contributed by atoms with E-state index in [4.69, 9.17) is 0 Å². The number of hydrogen-bond donors (Lipinski definition) is 0. The lowest BCUT2D eigenvalue weighted by Crippen LogP contribution is -2.05. The summed E-state index contributed by atoms with van der Waals surface area (Å²) in [6, 6.07) is 6.50. The van der Waals surface area contributed by atoms with Gasteiger partial charge in [0.1, 0.15) is 21.7 Å². The Morgan fingerprint density at radius 2 is 0.729 bits per heavy atom. The molecule has 6 aromatic carbocycles. The number of fused-ring (bicyclic) bond motifs is 6. The third kappa shape index (κ3) is 3.99. The van der Waals surface area contributed by atoms with E-state index in [2.05, 4.69) is 20.0 Å². The van der Waals surface area contributed by atoms with Crippen molar-refractivity contribution < 1.29 is 43.9 Å². The molecule has 0 fully saturated rings. The number of benzene rings is 4. The lowest BCUT2D eigenvalue weighted by Gasteiger charge is -2.08. The van der Waals surface area contributed by atoms with Gasteiger partial charge in [0.05, 0.1) is 22.2 Å². The van der Waals surface area contributed by atoms with E-state index in [1.54, 1.807) is 12.4 Å². The molecule has 1 heterocycles. The van der Waals surface area contributed by atoms with Crippen LogP contribution in [0, 0.1) is 81.1 Å². The Morgan fingerprint density at radius 3 is 1.04 bits per heavy atom. The molecule has 0 aliphatic rings. The normalized spacial score (nSPS) is 12.6. The zero-order valence-corrected chi connectivity index (χ0v) is 22.9. The lowest BCUT2D eigenvalue weighted by molar-refractivity contribution is 0.381. The monoisotopic (exact) mass is 664 g/mol. The largest absolute Gasteiger partial charge is 0.241 e. The summed E-state index contributed by atoms with van der Waals surface area (Å²) in [6.45, 7) is 0. The summed E-state index contributed by atoms with van der Waals surface area (Å²) < 4.78 is 142. The van der Waals surface area contributed by atoms with Crippen LogP contribution in [0.5, 0.6) is 0 Å². The molecule has 0 saturated heterocycles. The maximum atomic E-state index is 14.6. The van der Waals surface area contributed by atoms with Gasteiger partial charge < -0.3 is 0 Å². The van der Waals surface area contributed by atoms with Crippen molar-refractivity contribution in [3.63, 3.8) is 0 Å².